The Kier molecular flexibility index (Phi) is 4.12. The predicted octanol–water partition coefficient (Wildman–Crippen LogP) is 2.74. The third-order valence-corrected chi connectivity index (χ3v) is 1.65. The highest BCUT2D eigenvalue weighted by atomic mass is 35.5. The molecule has 1 aromatic carbocycles. The number of halogens is 1. The van der Waals surface area contributed by atoms with Gasteiger partial charge < -0.3 is 0 Å². The minimum atomic E-state index is 0.404. The molecule has 0 aliphatic heterocycles. The predicted molar refractivity (Wildman–Crippen MR) is 55.1 cm³/mol. The third-order valence-electron chi connectivity index (χ3n) is 1.48. The summed E-state index contributed by atoms with van der Waals surface area (Å²) in [5.41, 5.74) is 1.13. The maximum atomic E-state index is 10.3. The summed E-state index contributed by atoms with van der Waals surface area (Å²) in [4.78, 5) is 14.3. The van der Waals surface area contributed by atoms with Crippen LogP contribution in [0.2, 0.25) is 0 Å². The molecule has 0 amide bonds. The first-order valence-corrected chi connectivity index (χ1v) is 4.40. The first-order chi connectivity index (χ1) is 6.38. The molecule has 0 aliphatic carbocycles. The molecule has 0 bridgehead atoms. The van der Waals surface area contributed by atoms with Gasteiger partial charge in [0.15, 0.2) is 0 Å². The molecule has 0 aromatic heterocycles. The van der Waals surface area contributed by atoms with Crippen LogP contribution in [0, 0.1) is 4.91 Å². The minimum absolute atomic E-state index is 0.404. The Hall–Kier alpha value is -1.22. The zero-order valence-electron chi connectivity index (χ0n) is 6.98. The van der Waals surface area contributed by atoms with Crippen molar-refractivity contribution in [3.05, 3.63) is 34.7 Å². The second kappa shape index (κ2) is 5.43. The van der Waals surface area contributed by atoms with Gasteiger partial charge in [-0.1, -0.05) is 18.2 Å². The topological polar surface area (TPSA) is 41.8 Å². The van der Waals surface area contributed by atoms with E-state index in [1.165, 1.54) is 0 Å². The van der Waals surface area contributed by atoms with Crippen molar-refractivity contribution in [2.45, 2.75) is 0 Å². The van der Waals surface area contributed by atoms with E-state index >= 15 is 0 Å². The van der Waals surface area contributed by atoms with Crippen LogP contribution < -0.4 is 0 Å². The summed E-state index contributed by atoms with van der Waals surface area (Å²) in [6, 6.07) is 7.02. The van der Waals surface area contributed by atoms with Crippen LogP contribution in [0.3, 0.4) is 0 Å². The molecule has 0 saturated carbocycles. The van der Waals surface area contributed by atoms with E-state index in [0.717, 1.165) is 5.56 Å². The number of benzene rings is 1. The van der Waals surface area contributed by atoms with Crippen molar-refractivity contribution in [2.24, 2.45) is 10.2 Å². The summed E-state index contributed by atoms with van der Waals surface area (Å²) < 4.78 is 0. The molecule has 1 aromatic rings. The van der Waals surface area contributed by atoms with Gasteiger partial charge in [-0.2, -0.15) is 0 Å². The molecule has 0 aliphatic rings. The van der Waals surface area contributed by atoms with E-state index in [0.29, 0.717) is 18.1 Å². The molecule has 13 heavy (non-hydrogen) atoms. The fourth-order valence-corrected chi connectivity index (χ4v) is 0.989. The fourth-order valence-electron chi connectivity index (χ4n) is 0.892. The van der Waals surface area contributed by atoms with E-state index in [9.17, 15) is 4.91 Å². The zero-order chi connectivity index (χ0) is 9.52. The quantitative estimate of drug-likeness (QED) is 0.415. The summed E-state index contributed by atoms with van der Waals surface area (Å²) in [7, 11) is 0. The zero-order valence-corrected chi connectivity index (χ0v) is 7.74. The lowest BCUT2D eigenvalue weighted by Gasteiger charge is -1.94. The van der Waals surface area contributed by atoms with Crippen molar-refractivity contribution in [1.29, 1.82) is 0 Å². The van der Waals surface area contributed by atoms with Gasteiger partial charge in [-0.05, 0) is 11.2 Å². The highest BCUT2D eigenvalue weighted by molar-refractivity contribution is 6.18. The molecule has 0 spiro atoms. The molecule has 0 fully saturated rings. The summed E-state index contributed by atoms with van der Waals surface area (Å²) in [5, 5.41) is 2.88. The Bertz CT molecular complexity index is 312. The molecule has 3 nitrogen and oxygen atoms in total. The van der Waals surface area contributed by atoms with Crippen LogP contribution in [0.25, 0.3) is 0 Å². The van der Waals surface area contributed by atoms with Gasteiger partial charge in [-0.15, -0.1) is 16.5 Å². The summed E-state index contributed by atoms with van der Waals surface area (Å²) in [5.74, 6) is 0.479. The molecule has 0 radical (unpaired) electrons. The van der Waals surface area contributed by atoms with E-state index in [4.69, 9.17) is 11.6 Å². The first-order valence-electron chi connectivity index (χ1n) is 3.86. The van der Waals surface area contributed by atoms with Crippen LogP contribution in [0.5, 0.6) is 0 Å². The van der Waals surface area contributed by atoms with Crippen molar-refractivity contribution in [1.82, 2.24) is 0 Å². The number of aliphatic imine (C=N–C) groups is 1. The maximum Gasteiger partial charge on any atom is 0.116 e. The van der Waals surface area contributed by atoms with Gasteiger partial charge in [0.2, 0.25) is 0 Å². The average molecular weight is 197 g/mol. The smallest absolute Gasteiger partial charge is 0.116 e. The van der Waals surface area contributed by atoms with Gasteiger partial charge in [0.1, 0.15) is 5.69 Å². The summed E-state index contributed by atoms with van der Waals surface area (Å²) >= 11 is 5.44. The van der Waals surface area contributed by atoms with Crippen molar-refractivity contribution < 1.29 is 0 Å². The van der Waals surface area contributed by atoms with Crippen LogP contribution in [-0.2, 0) is 0 Å². The van der Waals surface area contributed by atoms with E-state index in [2.05, 4.69) is 10.2 Å². The molecule has 1 rings (SSSR count). The van der Waals surface area contributed by atoms with Crippen molar-refractivity contribution >= 4 is 23.5 Å². The summed E-state index contributed by atoms with van der Waals surface area (Å²) in [6.45, 7) is 0.550. The van der Waals surface area contributed by atoms with Gasteiger partial charge >= 0.3 is 0 Å². The second-order valence-electron chi connectivity index (χ2n) is 2.37. The normalized spacial score (nSPS) is 10.5. The van der Waals surface area contributed by atoms with E-state index in [1.54, 1.807) is 24.4 Å². The molecule has 0 saturated heterocycles. The molecule has 0 atom stereocenters. The lowest BCUT2D eigenvalue weighted by molar-refractivity contribution is 1.15. The largest absolute Gasteiger partial charge is 0.291 e. The Balaban J connectivity index is 2.80. The highest BCUT2D eigenvalue weighted by Crippen LogP contribution is 2.15. The second-order valence-corrected chi connectivity index (χ2v) is 2.75. The molecule has 0 unspecified atom stereocenters. The monoisotopic (exact) mass is 196 g/mol. The lowest BCUT2D eigenvalue weighted by atomic mass is 10.2. The van der Waals surface area contributed by atoms with Gasteiger partial charge in [-0.3, -0.25) is 4.99 Å². The number of nitroso groups, excluding NO2 is 1. The third kappa shape index (κ3) is 2.95. The SMILES string of the molecule is O=Nc1ccccc1C=NCCCl. The van der Waals surface area contributed by atoms with Gasteiger partial charge in [0.05, 0.1) is 6.54 Å². The van der Waals surface area contributed by atoms with Crippen LogP contribution in [0.15, 0.2) is 34.4 Å². The van der Waals surface area contributed by atoms with E-state index < -0.39 is 0 Å². The first kappa shape index (κ1) is 9.86. The fraction of sp³-hybridized carbons (Fsp3) is 0.222. The Morgan fingerprint density at radius 1 is 1.38 bits per heavy atom. The molecule has 4 heteroatoms. The average Bonchev–Trinajstić information content (AvgIpc) is 2.19. The van der Waals surface area contributed by atoms with E-state index in [-0.39, 0.29) is 0 Å². The van der Waals surface area contributed by atoms with Crippen LogP contribution >= 0.6 is 11.6 Å². The number of hydrogen-bond donors (Lipinski definition) is 0. The standard InChI is InChI=1S/C9H9ClN2O/c10-5-6-11-7-8-3-1-2-4-9(8)12-13/h1-4,7H,5-6H2. The van der Waals surface area contributed by atoms with Crippen LogP contribution in [-0.4, -0.2) is 18.6 Å². The lowest BCUT2D eigenvalue weighted by Crippen LogP contribution is -1.85. The molecular formula is C9H9ClN2O. The molecular weight excluding hydrogens is 188 g/mol. The number of alkyl halides is 1. The Labute approximate surface area is 81.4 Å². The van der Waals surface area contributed by atoms with Crippen LogP contribution in [0.1, 0.15) is 5.56 Å². The Morgan fingerprint density at radius 3 is 2.85 bits per heavy atom. The maximum absolute atomic E-state index is 10.3. The van der Waals surface area contributed by atoms with Crippen molar-refractivity contribution in [3.63, 3.8) is 0 Å². The van der Waals surface area contributed by atoms with Gasteiger partial charge in [-0.25, -0.2) is 0 Å². The number of hydrogen-bond acceptors (Lipinski definition) is 3. The van der Waals surface area contributed by atoms with Crippen molar-refractivity contribution in [2.75, 3.05) is 12.4 Å². The van der Waals surface area contributed by atoms with Crippen LogP contribution in [0.4, 0.5) is 5.69 Å². The van der Waals surface area contributed by atoms with E-state index in [1.807, 2.05) is 6.07 Å². The van der Waals surface area contributed by atoms with Gasteiger partial charge in [0.25, 0.3) is 0 Å². The number of rotatable bonds is 4. The van der Waals surface area contributed by atoms with Crippen molar-refractivity contribution in [3.8, 4) is 0 Å². The summed E-state index contributed by atoms with van der Waals surface area (Å²) in [6.07, 6.45) is 1.61. The number of nitrogens with zero attached hydrogens (tertiary/aromatic N) is 2. The highest BCUT2D eigenvalue weighted by Gasteiger charge is 1.96. The molecule has 0 N–H and O–H groups in total. The molecule has 68 valence electrons. The molecule has 0 heterocycles. The Morgan fingerprint density at radius 2 is 2.15 bits per heavy atom. The minimum Gasteiger partial charge on any atom is -0.291 e. The van der Waals surface area contributed by atoms with Gasteiger partial charge in [0, 0.05) is 17.7 Å².